The quantitative estimate of drug-likeness (QED) is 0.192. The number of hydrogen-bond acceptors (Lipinski definition) is 8. The predicted molar refractivity (Wildman–Crippen MR) is 175 cm³/mol. The van der Waals surface area contributed by atoms with Crippen LogP contribution in [-0.2, 0) is 12.0 Å². The molecule has 0 atom stereocenters. The van der Waals surface area contributed by atoms with Gasteiger partial charge in [0.15, 0.2) is 0 Å². The number of phenols is 1. The summed E-state index contributed by atoms with van der Waals surface area (Å²) < 4.78 is 11.8. The Bertz CT molecular complexity index is 1670. The van der Waals surface area contributed by atoms with E-state index in [0.29, 0.717) is 34.9 Å². The SMILES string of the molecule is COc1ccc(C(=O)Nc2c(N)ccnc2C(=O)c2ccc(C(C)(C)C)cc2OC2CCN(Cc3ccccc3O)CC2)cc1. The molecule has 1 amide bonds. The van der Waals surface area contributed by atoms with Crippen LogP contribution in [-0.4, -0.2) is 53.0 Å². The number of nitrogens with one attached hydrogen (secondary N) is 1. The van der Waals surface area contributed by atoms with Gasteiger partial charge in [-0.2, -0.15) is 0 Å². The van der Waals surface area contributed by atoms with Gasteiger partial charge in [0.1, 0.15) is 29.0 Å². The van der Waals surface area contributed by atoms with Gasteiger partial charge < -0.3 is 25.6 Å². The fourth-order valence-corrected chi connectivity index (χ4v) is 5.36. The number of piperidine rings is 1. The number of methoxy groups -OCH3 is 1. The topological polar surface area (TPSA) is 127 Å². The number of nitrogen functional groups attached to an aromatic ring is 1. The fraction of sp³-hybridized carbons (Fsp3) is 0.306. The Hall–Kier alpha value is -4.89. The Morgan fingerprint density at radius 2 is 1.73 bits per heavy atom. The zero-order chi connectivity index (χ0) is 32.1. The average Bonchev–Trinajstić information content (AvgIpc) is 3.03. The lowest BCUT2D eigenvalue weighted by atomic mass is 9.86. The van der Waals surface area contributed by atoms with Crippen molar-refractivity contribution in [3.05, 3.63) is 107 Å². The monoisotopic (exact) mass is 608 g/mol. The van der Waals surface area contributed by atoms with E-state index in [9.17, 15) is 14.7 Å². The molecule has 1 aliphatic rings. The number of rotatable bonds is 9. The van der Waals surface area contributed by atoms with Crippen LogP contribution in [0.2, 0.25) is 0 Å². The van der Waals surface area contributed by atoms with Crippen LogP contribution in [0.4, 0.5) is 11.4 Å². The molecule has 9 nitrogen and oxygen atoms in total. The molecule has 0 spiro atoms. The molecule has 0 bridgehead atoms. The molecular weight excluding hydrogens is 568 g/mol. The lowest BCUT2D eigenvalue weighted by Crippen LogP contribution is -2.38. The molecule has 2 heterocycles. The number of ketones is 1. The van der Waals surface area contributed by atoms with E-state index in [1.54, 1.807) is 49.6 Å². The number of likely N-dealkylation sites (tertiary alicyclic amines) is 1. The highest BCUT2D eigenvalue weighted by Crippen LogP contribution is 2.34. The van der Waals surface area contributed by atoms with Gasteiger partial charge in [-0.1, -0.05) is 45.0 Å². The molecule has 4 N–H and O–H groups in total. The van der Waals surface area contributed by atoms with Crippen molar-refractivity contribution >= 4 is 23.1 Å². The van der Waals surface area contributed by atoms with E-state index in [1.165, 1.54) is 6.20 Å². The molecule has 0 aliphatic carbocycles. The number of nitrogens with two attached hydrogens (primary N) is 1. The van der Waals surface area contributed by atoms with Crippen molar-refractivity contribution in [1.82, 2.24) is 9.88 Å². The first-order valence-electron chi connectivity index (χ1n) is 15.1. The van der Waals surface area contributed by atoms with E-state index in [1.807, 2.05) is 30.3 Å². The molecule has 45 heavy (non-hydrogen) atoms. The smallest absolute Gasteiger partial charge is 0.255 e. The van der Waals surface area contributed by atoms with Crippen molar-refractivity contribution in [2.75, 3.05) is 31.2 Å². The third-order valence-corrected chi connectivity index (χ3v) is 8.10. The van der Waals surface area contributed by atoms with Crippen molar-refractivity contribution in [3.63, 3.8) is 0 Å². The maximum Gasteiger partial charge on any atom is 0.255 e. The van der Waals surface area contributed by atoms with Crippen LogP contribution < -0.4 is 20.5 Å². The third-order valence-electron chi connectivity index (χ3n) is 8.10. The number of amides is 1. The molecule has 1 fully saturated rings. The van der Waals surface area contributed by atoms with Gasteiger partial charge in [0.25, 0.3) is 5.91 Å². The summed E-state index contributed by atoms with van der Waals surface area (Å²) in [5.41, 5.74) is 9.15. The summed E-state index contributed by atoms with van der Waals surface area (Å²) in [6.45, 7) is 8.57. The zero-order valence-corrected chi connectivity index (χ0v) is 26.2. The number of phenolic OH excluding ortho intramolecular Hbond substituents is 1. The number of ether oxygens (including phenoxy) is 2. The van der Waals surface area contributed by atoms with Crippen molar-refractivity contribution < 1.29 is 24.2 Å². The van der Waals surface area contributed by atoms with Gasteiger partial charge in [-0.15, -0.1) is 0 Å². The summed E-state index contributed by atoms with van der Waals surface area (Å²) in [6.07, 6.45) is 2.88. The Morgan fingerprint density at radius 1 is 1.02 bits per heavy atom. The van der Waals surface area contributed by atoms with Gasteiger partial charge in [0.2, 0.25) is 5.78 Å². The van der Waals surface area contributed by atoms with Crippen LogP contribution in [0, 0.1) is 0 Å². The zero-order valence-electron chi connectivity index (χ0n) is 26.2. The van der Waals surface area contributed by atoms with Gasteiger partial charge in [-0.3, -0.25) is 19.5 Å². The predicted octanol–water partition coefficient (Wildman–Crippen LogP) is 6.20. The number of carbonyl (C=O) groups is 2. The van der Waals surface area contributed by atoms with E-state index < -0.39 is 11.7 Å². The van der Waals surface area contributed by atoms with Crippen LogP contribution in [0.15, 0.2) is 79.0 Å². The summed E-state index contributed by atoms with van der Waals surface area (Å²) in [6, 6.07) is 21.2. The molecule has 4 aromatic rings. The molecule has 3 aromatic carbocycles. The summed E-state index contributed by atoms with van der Waals surface area (Å²) in [5, 5.41) is 13.0. The van der Waals surface area contributed by atoms with Crippen LogP contribution >= 0.6 is 0 Å². The Labute approximate surface area is 264 Å². The summed E-state index contributed by atoms with van der Waals surface area (Å²) >= 11 is 0. The number of aromatic nitrogens is 1. The minimum absolute atomic E-state index is 0.0303. The second kappa shape index (κ2) is 13.4. The van der Waals surface area contributed by atoms with E-state index in [0.717, 1.165) is 37.1 Å². The molecule has 0 radical (unpaired) electrons. The lowest BCUT2D eigenvalue weighted by Gasteiger charge is -2.33. The minimum Gasteiger partial charge on any atom is -0.508 e. The van der Waals surface area contributed by atoms with Crippen molar-refractivity contribution in [2.45, 2.75) is 51.7 Å². The molecule has 9 heteroatoms. The molecule has 1 aromatic heterocycles. The Morgan fingerprint density at radius 3 is 2.40 bits per heavy atom. The summed E-state index contributed by atoms with van der Waals surface area (Å²) in [4.78, 5) is 33.9. The van der Waals surface area contributed by atoms with Crippen LogP contribution in [0.1, 0.15) is 71.1 Å². The fourth-order valence-electron chi connectivity index (χ4n) is 5.36. The van der Waals surface area contributed by atoms with Crippen LogP contribution in [0.5, 0.6) is 17.2 Å². The number of aromatic hydroxyl groups is 1. The molecule has 0 saturated carbocycles. The molecule has 5 rings (SSSR count). The van der Waals surface area contributed by atoms with Crippen molar-refractivity contribution in [1.29, 1.82) is 0 Å². The number of nitrogens with zero attached hydrogens (tertiary/aromatic N) is 2. The van der Waals surface area contributed by atoms with E-state index >= 15 is 0 Å². The maximum atomic E-state index is 14.1. The first-order chi connectivity index (χ1) is 21.5. The number of anilines is 2. The third kappa shape index (κ3) is 7.44. The molecular formula is C36H40N4O5. The van der Waals surface area contributed by atoms with Gasteiger partial charge in [0.05, 0.1) is 24.0 Å². The van der Waals surface area contributed by atoms with Gasteiger partial charge in [0, 0.05) is 37.0 Å². The van der Waals surface area contributed by atoms with E-state index in [4.69, 9.17) is 15.2 Å². The minimum atomic E-state index is -0.429. The number of para-hydroxylation sites is 1. The van der Waals surface area contributed by atoms with Crippen LogP contribution in [0.3, 0.4) is 0 Å². The lowest BCUT2D eigenvalue weighted by molar-refractivity contribution is 0.0923. The van der Waals surface area contributed by atoms with E-state index in [-0.39, 0.29) is 28.6 Å². The summed E-state index contributed by atoms with van der Waals surface area (Å²) in [7, 11) is 1.55. The Balaban J connectivity index is 1.38. The summed E-state index contributed by atoms with van der Waals surface area (Å²) in [5.74, 6) is 0.563. The largest absolute Gasteiger partial charge is 0.508 e. The number of pyridine rings is 1. The van der Waals surface area contributed by atoms with Gasteiger partial charge in [-0.25, -0.2) is 0 Å². The van der Waals surface area contributed by atoms with Gasteiger partial charge >= 0.3 is 0 Å². The second-order valence-corrected chi connectivity index (χ2v) is 12.3. The number of carbonyl (C=O) groups excluding carboxylic acids is 2. The second-order valence-electron chi connectivity index (χ2n) is 12.3. The van der Waals surface area contributed by atoms with Crippen LogP contribution in [0.25, 0.3) is 0 Å². The van der Waals surface area contributed by atoms with E-state index in [2.05, 4.69) is 36.0 Å². The maximum absolute atomic E-state index is 14.1. The average molecular weight is 609 g/mol. The molecule has 1 aliphatic heterocycles. The number of benzene rings is 3. The highest BCUT2D eigenvalue weighted by Gasteiger charge is 2.28. The van der Waals surface area contributed by atoms with Gasteiger partial charge in [-0.05, 0) is 72.4 Å². The van der Waals surface area contributed by atoms with Crippen molar-refractivity contribution in [3.8, 4) is 17.2 Å². The number of hydrogen-bond donors (Lipinski definition) is 3. The molecule has 0 unspecified atom stereocenters. The molecule has 234 valence electrons. The molecule has 1 saturated heterocycles. The first kappa shape index (κ1) is 31.5. The van der Waals surface area contributed by atoms with Crippen molar-refractivity contribution in [2.24, 2.45) is 0 Å². The highest BCUT2D eigenvalue weighted by atomic mass is 16.5. The Kier molecular flexibility index (Phi) is 9.39. The standard InChI is InChI=1S/C36H40N4O5/c1-36(2,3)25-11-14-28(31(21-25)45-27-16-19-40(20-17-27)22-24-7-5-6-8-30(24)41)34(42)33-32(29(37)15-18-38-33)39-35(43)23-9-12-26(44-4)13-10-23/h5-15,18,21,27,41H,16-17,19-20,22H2,1-4H3,(H2,37,38)(H,39,43). The highest BCUT2D eigenvalue weighted by molar-refractivity contribution is 6.17. The first-order valence-corrected chi connectivity index (χ1v) is 15.1. The normalized spacial score (nSPS) is 14.1.